The molecule has 0 fully saturated rings. The number of aromatic nitrogens is 3. The van der Waals surface area contributed by atoms with Crippen molar-refractivity contribution < 1.29 is 0 Å². The Morgan fingerprint density at radius 1 is 0.920 bits per heavy atom. The standard InChI is InChI=1S/C20H15ClN4/c1-13-9-10-22-18(11-13)24-20-23-17-8-7-15(21)12-16(17)19(25-20)14-5-3-2-4-6-14/h2-12H,1H3,(H,22,23,24,25). The summed E-state index contributed by atoms with van der Waals surface area (Å²) in [6.07, 6.45) is 1.76. The third-order valence-electron chi connectivity index (χ3n) is 3.86. The number of pyridine rings is 1. The van der Waals surface area contributed by atoms with Gasteiger partial charge in [-0.15, -0.1) is 0 Å². The zero-order chi connectivity index (χ0) is 17.2. The molecule has 1 N–H and O–H groups in total. The largest absolute Gasteiger partial charge is 0.309 e. The number of hydrogen-bond acceptors (Lipinski definition) is 4. The third kappa shape index (κ3) is 3.30. The maximum Gasteiger partial charge on any atom is 0.229 e. The number of hydrogen-bond donors (Lipinski definition) is 1. The van der Waals surface area contributed by atoms with E-state index in [1.807, 2.05) is 67.6 Å². The fraction of sp³-hybridized carbons (Fsp3) is 0.0500. The van der Waals surface area contributed by atoms with Crippen molar-refractivity contribution in [2.75, 3.05) is 5.32 Å². The summed E-state index contributed by atoms with van der Waals surface area (Å²) in [5.41, 5.74) is 3.79. The molecule has 25 heavy (non-hydrogen) atoms. The van der Waals surface area contributed by atoms with Gasteiger partial charge in [-0.3, -0.25) is 0 Å². The topological polar surface area (TPSA) is 50.7 Å². The fourth-order valence-electron chi connectivity index (χ4n) is 2.69. The summed E-state index contributed by atoms with van der Waals surface area (Å²) >= 11 is 6.18. The molecule has 0 aliphatic carbocycles. The number of aryl methyl sites for hydroxylation is 1. The van der Waals surface area contributed by atoms with Crippen LogP contribution in [0.15, 0.2) is 66.9 Å². The number of nitrogens with zero attached hydrogens (tertiary/aromatic N) is 3. The Morgan fingerprint density at radius 3 is 2.56 bits per heavy atom. The van der Waals surface area contributed by atoms with E-state index in [1.165, 1.54) is 0 Å². The fourth-order valence-corrected chi connectivity index (χ4v) is 2.86. The maximum atomic E-state index is 6.18. The van der Waals surface area contributed by atoms with Gasteiger partial charge >= 0.3 is 0 Å². The lowest BCUT2D eigenvalue weighted by atomic mass is 10.1. The summed E-state index contributed by atoms with van der Waals surface area (Å²) in [6, 6.07) is 19.5. The molecular formula is C20H15ClN4. The van der Waals surface area contributed by atoms with Gasteiger partial charge in [-0.2, -0.15) is 0 Å². The van der Waals surface area contributed by atoms with E-state index in [4.69, 9.17) is 16.6 Å². The third-order valence-corrected chi connectivity index (χ3v) is 4.10. The molecule has 2 aromatic heterocycles. The molecule has 0 saturated heterocycles. The lowest BCUT2D eigenvalue weighted by Gasteiger charge is -2.10. The molecule has 0 aliphatic heterocycles. The van der Waals surface area contributed by atoms with E-state index in [0.717, 1.165) is 27.7 Å². The smallest absolute Gasteiger partial charge is 0.229 e. The van der Waals surface area contributed by atoms with Gasteiger partial charge < -0.3 is 5.32 Å². The van der Waals surface area contributed by atoms with Crippen molar-refractivity contribution in [3.63, 3.8) is 0 Å². The van der Waals surface area contributed by atoms with Gasteiger partial charge in [0.25, 0.3) is 0 Å². The van der Waals surface area contributed by atoms with E-state index in [2.05, 4.69) is 15.3 Å². The first-order valence-electron chi connectivity index (χ1n) is 7.91. The van der Waals surface area contributed by atoms with Crippen molar-refractivity contribution >= 4 is 34.3 Å². The van der Waals surface area contributed by atoms with Crippen LogP contribution in [0.2, 0.25) is 5.02 Å². The van der Waals surface area contributed by atoms with Crippen LogP contribution >= 0.6 is 11.6 Å². The quantitative estimate of drug-likeness (QED) is 0.539. The molecule has 0 bridgehead atoms. The lowest BCUT2D eigenvalue weighted by Crippen LogP contribution is -2.01. The van der Waals surface area contributed by atoms with E-state index in [-0.39, 0.29) is 0 Å². The molecule has 0 amide bonds. The van der Waals surface area contributed by atoms with Crippen molar-refractivity contribution in [1.29, 1.82) is 0 Å². The second-order valence-corrected chi connectivity index (χ2v) is 6.20. The van der Waals surface area contributed by atoms with Crippen molar-refractivity contribution in [2.24, 2.45) is 0 Å². The first-order valence-corrected chi connectivity index (χ1v) is 8.29. The molecule has 2 heterocycles. The van der Waals surface area contributed by atoms with Gasteiger partial charge in [0, 0.05) is 22.2 Å². The van der Waals surface area contributed by atoms with E-state index in [1.54, 1.807) is 6.20 Å². The summed E-state index contributed by atoms with van der Waals surface area (Å²) in [5.74, 6) is 1.22. The average molecular weight is 347 g/mol. The molecule has 122 valence electrons. The van der Waals surface area contributed by atoms with Crippen LogP contribution in [-0.4, -0.2) is 15.0 Å². The van der Waals surface area contributed by atoms with Gasteiger partial charge in [-0.05, 0) is 42.8 Å². The second-order valence-electron chi connectivity index (χ2n) is 5.77. The Morgan fingerprint density at radius 2 is 1.76 bits per heavy atom. The Kier molecular flexibility index (Phi) is 4.04. The highest BCUT2D eigenvalue weighted by molar-refractivity contribution is 6.31. The van der Waals surface area contributed by atoms with E-state index in [9.17, 15) is 0 Å². The number of nitrogens with one attached hydrogen (secondary N) is 1. The predicted molar refractivity (Wildman–Crippen MR) is 102 cm³/mol. The summed E-state index contributed by atoms with van der Waals surface area (Å²) in [5, 5.41) is 4.77. The molecule has 0 saturated carbocycles. The van der Waals surface area contributed by atoms with Crippen molar-refractivity contribution in [1.82, 2.24) is 15.0 Å². The molecular weight excluding hydrogens is 332 g/mol. The van der Waals surface area contributed by atoms with Crippen LogP contribution in [0.1, 0.15) is 5.56 Å². The van der Waals surface area contributed by atoms with Crippen molar-refractivity contribution in [3.05, 3.63) is 77.4 Å². The highest BCUT2D eigenvalue weighted by atomic mass is 35.5. The highest BCUT2D eigenvalue weighted by Crippen LogP contribution is 2.29. The summed E-state index contributed by atoms with van der Waals surface area (Å²) in [6.45, 7) is 2.02. The van der Waals surface area contributed by atoms with Gasteiger partial charge in [0.05, 0.1) is 11.2 Å². The molecule has 5 heteroatoms. The van der Waals surface area contributed by atoms with Crippen LogP contribution in [0.25, 0.3) is 22.2 Å². The Balaban J connectivity index is 1.88. The minimum absolute atomic E-state index is 0.506. The van der Waals surface area contributed by atoms with E-state index in [0.29, 0.717) is 16.8 Å². The van der Waals surface area contributed by atoms with Crippen LogP contribution in [0.3, 0.4) is 0 Å². The molecule has 0 unspecified atom stereocenters. The van der Waals surface area contributed by atoms with Crippen LogP contribution < -0.4 is 5.32 Å². The van der Waals surface area contributed by atoms with E-state index < -0.39 is 0 Å². The summed E-state index contributed by atoms with van der Waals surface area (Å²) < 4.78 is 0. The van der Waals surface area contributed by atoms with E-state index >= 15 is 0 Å². The van der Waals surface area contributed by atoms with Crippen LogP contribution in [-0.2, 0) is 0 Å². The number of fused-ring (bicyclic) bond motifs is 1. The van der Waals surface area contributed by atoms with Gasteiger partial charge in [0.1, 0.15) is 5.82 Å². The minimum Gasteiger partial charge on any atom is -0.309 e. The van der Waals surface area contributed by atoms with Crippen molar-refractivity contribution in [3.8, 4) is 11.3 Å². The van der Waals surface area contributed by atoms with Gasteiger partial charge in [0.2, 0.25) is 5.95 Å². The van der Waals surface area contributed by atoms with Gasteiger partial charge in [-0.1, -0.05) is 41.9 Å². The maximum absolute atomic E-state index is 6.18. The zero-order valence-electron chi connectivity index (χ0n) is 13.6. The molecule has 4 nitrogen and oxygen atoms in total. The minimum atomic E-state index is 0.506. The lowest BCUT2D eigenvalue weighted by molar-refractivity contribution is 1.18. The molecule has 0 spiro atoms. The molecule has 0 atom stereocenters. The van der Waals surface area contributed by atoms with Crippen LogP contribution in [0.4, 0.5) is 11.8 Å². The SMILES string of the molecule is Cc1ccnc(Nc2nc(-c3ccccc3)c3cc(Cl)ccc3n2)c1. The van der Waals surface area contributed by atoms with Crippen molar-refractivity contribution in [2.45, 2.75) is 6.92 Å². The van der Waals surface area contributed by atoms with Gasteiger partial charge in [0.15, 0.2) is 0 Å². The highest BCUT2D eigenvalue weighted by Gasteiger charge is 2.11. The Labute approximate surface area is 150 Å². The monoisotopic (exact) mass is 346 g/mol. The molecule has 2 aromatic carbocycles. The summed E-state index contributed by atoms with van der Waals surface area (Å²) in [7, 11) is 0. The number of halogens is 1. The zero-order valence-corrected chi connectivity index (χ0v) is 14.3. The number of rotatable bonds is 3. The molecule has 0 radical (unpaired) electrons. The molecule has 4 rings (SSSR count). The number of anilines is 2. The normalized spacial score (nSPS) is 10.8. The second kappa shape index (κ2) is 6.49. The Hall–Kier alpha value is -2.98. The first kappa shape index (κ1) is 15.5. The Bertz CT molecular complexity index is 1050. The molecule has 4 aromatic rings. The first-order chi connectivity index (χ1) is 12.2. The summed E-state index contributed by atoms with van der Waals surface area (Å²) in [4.78, 5) is 13.6. The van der Waals surface area contributed by atoms with Crippen LogP contribution in [0.5, 0.6) is 0 Å². The number of benzene rings is 2. The average Bonchev–Trinajstić information content (AvgIpc) is 2.62. The predicted octanol–water partition coefficient (Wildman–Crippen LogP) is 5.40. The molecule has 0 aliphatic rings. The van der Waals surface area contributed by atoms with Crippen LogP contribution in [0, 0.1) is 6.92 Å². The van der Waals surface area contributed by atoms with Gasteiger partial charge in [-0.25, -0.2) is 15.0 Å².